The van der Waals surface area contributed by atoms with Crippen molar-refractivity contribution in [2.75, 3.05) is 42.6 Å². The lowest BCUT2D eigenvalue weighted by Crippen LogP contribution is -2.45. The van der Waals surface area contributed by atoms with Crippen molar-refractivity contribution in [2.24, 2.45) is 0 Å². The van der Waals surface area contributed by atoms with Gasteiger partial charge in [-0.3, -0.25) is 9.78 Å². The van der Waals surface area contributed by atoms with Crippen molar-refractivity contribution < 1.29 is 9.53 Å². The number of thioether (sulfide) groups is 1. The molecule has 0 spiro atoms. The van der Waals surface area contributed by atoms with Gasteiger partial charge in [-0.2, -0.15) is 11.8 Å². The Morgan fingerprint density at radius 3 is 2.64 bits per heavy atom. The first-order valence-corrected chi connectivity index (χ1v) is 9.02. The van der Waals surface area contributed by atoms with Crippen LogP contribution in [-0.4, -0.2) is 65.7 Å². The van der Waals surface area contributed by atoms with E-state index in [1.54, 1.807) is 6.20 Å². The first-order valence-electron chi connectivity index (χ1n) is 7.87. The number of hydrogen-bond donors (Lipinski definition) is 0. The molecule has 0 N–H and O–H groups in total. The molecule has 0 radical (unpaired) electrons. The maximum absolute atomic E-state index is 12.6. The fraction of sp³-hybridized carbons (Fsp3) is 0.625. The summed E-state index contributed by atoms with van der Waals surface area (Å²) in [7, 11) is 0. The number of hydrogen-bond acceptors (Lipinski definition) is 5. The predicted molar refractivity (Wildman–Crippen MR) is 89.7 cm³/mol. The Balaban J connectivity index is 1.75. The van der Waals surface area contributed by atoms with Crippen LogP contribution in [0.5, 0.6) is 0 Å². The summed E-state index contributed by atoms with van der Waals surface area (Å²) in [5.41, 5.74) is 1.61. The lowest BCUT2D eigenvalue weighted by molar-refractivity contribution is -0.00522. The standard InChI is InChI=1S/C16H23N3O2S/c1-12-10-19(11-13(2)21-12)14-3-4-17-15(9-14)16(20)18-5-7-22-8-6-18/h3-4,9,12-13H,5-8,10-11H2,1-2H3/t12-,13-/m0/s1. The van der Waals surface area contributed by atoms with Crippen molar-refractivity contribution in [1.29, 1.82) is 0 Å². The normalized spacial score (nSPS) is 26.1. The molecule has 120 valence electrons. The van der Waals surface area contributed by atoms with Gasteiger partial charge in [0.2, 0.25) is 0 Å². The number of pyridine rings is 1. The van der Waals surface area contributed by atoms with Crippen molar-refractivity contribution >= 4 is 23.4 Å². The number of aromatic nitrogens is 1. The Kier molecular flexibility index (Phi) is 4.88. The van der Waals surface area contributed by atoms with Crippen LogP contribution in [0.15, 0.2) is 18.3 Å². The number of amides is 1. The van der Waals surface area contributed by atoms with Gasteiger partial charge in [0.05, 0.1) is 12.2 Å². The van der Waals surface area contributed by atoms with Gasteiger partial charge >= 0.3 is 0 Å². The maximum Gasteiger partial charge on any atom is 0.272 e. The molecular formula is C16H23N3O2S. The minimum atomic E-state index is 0.0523. The molecule has 2 fully saturated rings. The van der Waals surface area contributed by atoms with Crippen LogP contribution in [0.3, 0.4) is 0 Å². The molecule has 1 aromatic rings. The van der Waals surface area contributed by atoms with Crippen LogP contribution >= 0.6 is 11.8 Å². The Labute approximate surface area is 136 Å². The average Bonchev–Trinajstić information content (AvgIpc) is 2.54. The minimum Gasteiger partial charge on any atom is -0.372 e. The van der Waals surface area contributed by atoms with E-state index < -0.39 is 0 Å². The molecule has 2 aliphatic heterocycles. The zero-order valence-electron chi connectivity index (χ0n) is 13.2. The third-order valence-corrected chi connectivity index (χ3v) is 4.99. The highest BCUT2D eigenvalue weighted by molar-refractivity contribution is 7.99. The first kappa shape index (κ1) is 15.6. The zero-order chi connectivity index (χ0) is 15.5. The number of carbonyl (C=O) groups is 1. The quantitative estimate of drug-likeness (QED) is 0.832. The van der Waals surface area contributed by atoms with Crippen molar-refractivity contribution in [2.45, 2.75) is 26.1 Å². The molecule has 0 unspecified atom stereocenters. The van der Waals surface area contributed by atoms with Crippen molar-refractivity contribution in [3.8, 4) is 0 Å². The van der Waals surface area contributed by atoms with Crippen molar-refractivity contribution in [1.82, 2.24) is 9.88 Å². The largest absolute Gasteiger partial charge is 0.372 e. The Morgan fingerprint density at radius 2 is 1.95 bits per heavy atom. The van der Waals surface area contributed by atoms with Gasteiger partial charge in [0.15, 0.2) is 0 Å². The van der Waals surface area contributed by atoms with Gasteiger partial charge in [-0.15, -0.1) is 0 Å². The number of rotatable bonds is 2. The fourth-order valence-electron chi connectivity index (χ4n) is 3.05. The molecule has 3 heterocycles. The van der Waals surface area contributed by atoms with Gasteiger partial charge < -0.3 is 14.5 Å². The second-order valence-electron chi connectivity index (χ2n) is 5.97. The van der Waals surface area contributed by atoms with Crippen LogP contribution in [0.1, 0.15) is 24.3 Å². The van der Waals surface area contributed by atoms with E-state index in [0.29, 0.717) is 5.69 Å². The summed E-state index contributed by atoms with van der Waals surface area (Å²) < 4.78 is 5.78. The number of carbonyl (C=O) groups excluding carboxylic acids is 1. The van der Waals surface area contributed by atoms with Crippen LogP contribution in [0.2, 0.25) is 0 Å². The molecule has 1 aromatic heterocycles. The van der Waals surface area contributed by atoms with E-state index >= 15 is 0 Å². The SMILES string of the molecule is C[C@H]1CN(c2ccnc(C(=O)N3CCSCC3)c2)C[C@H](C)O1. The third-order valence-electron chi connectivity index (χ3n) is 4.05. The summed E-state index contributed by atoms with van der Waals surface area (Å²) >= 11 is 1.90. The Bertz CT molecular complexity index is 524. The Hall–Kier alpha value is -1.27. The average molecular weight is 321 g/mol. The van der Waals surface area contributed by atoms with E-state index in [9.17, 15) is 4.79 Å². The molecule has 5 nitrogen and oxygen atoms in total. The second kappa shape index (κ2) is 6.87. The summed E-state index contributed by atoms with van der Waals surface area (Å²) in [6.45, 7) is 7.51. The van der Waals surface area contributed by atoms with Gasteiger partial charge in [0, 0.05) is 49.6 Å². The molecule has 22 heavy (non-hydrogen) atoms. The highest BCUT2D eigenvalue weighted by atomic mass is 32.2. The molecule has 0 aliphatic carbocycles. The summed E-state index contributed by atoms with van der Waals surface area (Å²) in [6.07, 6.45) is 2.15. The Morgan fingerprint density at radius 1 is 1.27 bits per heavy atom. The van der Waals surface area contributed by atoms with Gasteiger partial charge in [0.1, 0.15) is 5.69 Å². The van der Waals surface area contributed by atoms with Gasteiger partial charge in [0.25, 0.3) is 5.91 Å². The van der Waals surface area contributed by atoms with Gasteiger partial charge in [-0.25, -0.2) is 0 Å². The summed E-state index contributed by atoms with van der Waals surface area (Å²) in [6, 6.07) is 3.91. The first-order chi connectivity index (χ1) is 10.6. The van der Waals surface area contributed by atoms with Crippen LogP contribution < -0.4 is 4.90 Å². The molecular weight excluding hydrogens is 298 g/mol. The highest BCUT2D eigenvalue weighted by Gasteiger charge is 2.24. The van der Waals surface area contributed by atoms with E-state index in [-0.39, 0.29) is 18.1 Å². The predicted octanol–water partition coefficient (Wildman–Crippen LogP) is 1.88. The van der Waals surface area contributed by atoms with Crippen LogP contribution in [0, 0.1) is 0 Å². The van der Waals surface area contributed by atoms with E-state index in [4.69, 9.17) is 4.74 Å². The summed E-state index contributed by atoms with van der Waals surface area (Å²) in [4.78, 5) is 21.1. The second-order valence-corrected chi connectivity index (χ2v) is 7.19. The van der Waals surface area contributed by atoms with Crippen molar-refractivity contribution in [3.63, 3.8) is 0 Å². The number of nitrogens with zero attached hydrogens (tertiary/aromatic N) is 3. The number of morpholine rings is 1. The molecule has 0 bridgehead atoms. The molecule has 2 aliphatic rings. The number of ether oxygens (including phenoxy) is 1. The molecule has 1 amide bonds. The minimum absolute atomic E-state index is 0.0523. The zero-order valence-corrected chi connectivity index (χ0v) is 14.0. The van der Waals surface area contributed by atoms with Crippen LogP contribution in [-0.2, 0) is 4.74 Å². The lowest BCUT2D eigenvalue weighted by atomic mass is 10.2. The maximum atomic E-state index is 12.6. The summed E-state index contributed by atoms with van der Waals surface area (Å²) in [5, 5.41) is 0. The molecule has 6 heteroatoms. The van der Waals surface area contributed by atoms with Crippen LogP contribution in [0.4, 0.5) is 5.69 Å². The van der Waals surface area contributed by atoms with Gasteiger partial charge in [-0.1, -0.05) is 0 Å². The monoisotopic (exact) mass is 321 g/mol. The molecule has 2 saturated heterocycles. The highest BCUT2D eigenvalue weighted by Crippen LogP contribution is 2.21. The van der Waals surface area contributed by atoms with E-state index in [1.807, 2.05) is 28.8 Å². The van der Waals surface area contributed by atoms with E-state index in [1.165, 1.54) is 0 Å². The number of anilines is 1. The third kappa shape index (κ3) is 3.55. The van der Waals surface area contributed by atoms with Gasteiger partial charge in [-0.05, 0) is 26.0 Å². The molecule has 0 aromatic carbocycles. The lowest BCUT2D eigenvalue weighted by Gasteiger charge is -2.37. The molecule has 3 rings (SSSR count). The molecule has 0 saturated carbocycles. The fourth-order valence-corrected chi connectivity index (χ4v) is 3.95. The van der Waals surface area contributed by atoms with E-state index in [0.717, 1.165) is 43.4 Å². The molecule has 2 atom stereocenters. The topological polar surface area (TPSA) is 45.7 Å². The van der Waals surface area contributed by atoms with Crippen LogP contribution in [0.25, 0.3) is 0 Å². The van der Waals surface area contributed by atoms with E-state index in [2.05, 4.69) is 23.7 Å². The van der Waals surface area contributed by atoms with Crippen molar-refractivity contribution in [3.05, 3.63) is 24.0 Å². The smallest absolute Gasteiger partial charge is 0.272 e. The summed E-state index contributed by atoms with van der Waals surface area (Å²) in [5.74, 6) is 2.09.